The average Bonchev–Trinajstić information content (AvgIpc) is 2.21. The number of hydrogen-bond acceptors (Lipinski definition) is 4. The Kier molecular flexibility index (Phi) is 3.91. The van der Waals surface area contributed by atoms with Gasteiger partial charge in [-0.3, -0.25) is 5.43 Å². The predicted octanol–water partition coefficient (Wildman–Crippen LogP) is 0.719. The zero-order valence-corrected chi connectivity index (χ0v) is 8.81. The van der Waals surface area contributed by atoms with Crippen LogP contribution in [0.3, 0.4) is 0 Å². The lowest BCUT2D eigenvalue weighted by Gasteiger charge is -2.33. The summed E-state index contributed by atoms with van der Waals surface area (Å²) in [6.45, 7) is 3.86. The molecular weight excluding hydrogens is 184 g/mol. The van der Waals surface area contributed by atoms with Crippen molar-refractivity contribution in [2.24, 2.45) is 0 Å². The van der Waals surface area contributed by atoms with Crippen molar-refractivity contribution in [3.63, 3.8) is 0 Å². The summed E-state index contributed by atoms with van der Waals surface area (Å²) in [5, 5.41) is 2.32. The van der Waals surface area contributed by atoms with Crippen LogP contribution in [0.25, 0.3) is 0 Å². The van der Waals surface area contributed by atoms with Gasteiger partial charge in [-0.25, -0.2) is 5.01 Å². The van der Waals surface area contributed by atoms with E-state index in [2.05, 4.69) is 22.2 Å². The summed E-state index contributed by atoms with van der Waals surface area (Å²) in [6, 6.07) is 0.722. The molecule has 0 spiro atoms. The average molecular weight is 202 g/mol. The number of morpholine rings is 1. The van der Waals surface area contributed by atoms with Gasteiger partial charge in [-0.15, -0.1) is 0 Å². The van der Waals surface area contributed by atoms with Crippen LogP contribution in [0.2, 0.25) is 0 Å². The van der Waals surface area contributed by atoms with Crippen LogP contribution in [0.4, 0.5) is 0 Å². The van der Waals surface area contributed by atoms with Crippen molar-refractivity contribution >= 4 is 11.8 Å². The summed E-state index contributed by atoms with van der Waals surface area (Å²) >= 11 is 2.08. The molecule has 0 bridgehead atoms. The molecule has 2 heterocycles. The summed E-state index contributed by atoms with van der Waals surface area (Å²) in [4.78, 5) is 0. The number of nitrogens with one attached hydrogen (secondary N) is 1. The van der Waals surface area contributed by atoms with Crippen LogP contribution < -0.4 is 5.43 Å². The minimum atomic E-state index is 0.722. The fourth-order valence-corrected chi connectivity index (χ4v) is 2.88. The molecule has 0 aromatic carbocycles. The highest BCUT2D eigenvalue weighted by Gasteiger charge is 2.17. The third kappa shape index (κ3) is 3.13. The fourth-order valence-electron chi connectivity index (χ4n) is 1.78. The van der Waals surface area contributed by atoms with Crippen molar-refractivity contribution in [3.05, 3.63) is 0 Å². The molecule has 0 radical (unpaired) electrons. The number of rotatable bonds is 2. The first-order chi connectivity index (χ1) is 6.45. The molecule has 0 amide bonds. The second-order valence-electron chi connectivity index (χ2n) is 3.62. The molecule has 0 saturated carbocycles. The summed E-state index contributed by atoms with van der Waals surface area (Å²) in [5.74, 6) is 2.64. The Bertz CT molecular complexity index is 129. The van der Waals surface area contributed by atoms with Crippen molar-refractivity contribution in [3.8, 4) is 0 Å². The Hall–Kier alpha value is 0.230. The molecule has 3 nitrogen and oxygen atoms in total. The van der Waals surface area contributed by atoms with E-state index in [1.54, 1.807) is 0 Å². The lowest BCUT2D eigenvalue weighted by atomic mass is 10.2. The highest BCUT2D eigenvalue weighted by molar-refractivity contribution is 7.99. The Labute approximate surface area is 84.2 Å². The minimum absolute atomic E-state index is 0.722. The first kappa shape index (κ1) is 9.77. The number of ether oxygens (including phenoxy) is 1. The van der Waals surface area contributed by atoms with Gasteiger partial charge in [-0.05, 0) is 24.3 Å². The SMILES string of the molecule is C1CN(NC2CCSCC2)CCO1. The maximum atomic E-state index is 5.30. The Morgan fingerprint density at radius 3 is 2.54 bits per heavy atom. The van der Waals surface area contributed by atoms with Gasteiger partial charge in [0, 0.05) is 19.1 Å². The van der Waals surface area contributed by atoms with Crippen molar-refractivity contribution in [2.75, 3.05) is 37.8 Å². The molecule has 2 saturated heterocycles. The van der Waals surface area contributed by atoms with Gasteiger partial charge in [-0.2, -0.15) is 11.8 Å². The standard InChI is InChI=1S/C9H18N2OS/c1-7-13-8-2-9(1)10-11-3-5-12-6-4-11/h9-10H,1-8H2. The number of thioether (sulfide) groups is 1. The maximum Gasteiger partial charge on any atom is 0.0608 e. The molecule has 76 valence electrons. The largest absolute Gasteiger partial charge is 0.379 e. The third-order valence-electron chi connectivity index (χ3n) is 2.60. The molecule has 0 unspecified atom stereocenters. The molecule has 0 aromatic rings. The first-order valence-corrected chi connectivity index (χ1v) is 6.27. The van der Waals surface area contributed by atoms with Crippen molar-refractivity contribution in [2.45, 2.75) is 18.9 Å². The quantitative estimate of drug-likeness (QED) is 0.713. The van der Waals surface area contributed by atoms with Crippen molar-refractivity contribution < 1.29 is 4.74 Å². The molecule has 0 atom stereocenters. The van der Waals surface area contributed by atoms with E-state index >= 15 is 0 Å². The zero-order chi connectivity index (χ0) is 8.93. The molecule has 1 N–H and O–H groups in total. The van der Waals surface area contributed by atoms with E-state index in [4.69, 9.17) is 4.74 Å². The Morgan fingerprint density at radius 2 is 1.85 bits per heavy atom. The highest BCUT2D eigenvalue weighted by Crippen LogP contribution is 2.17. The molecule has 2 aliphatic rings. The topological polar surface area (TPSA) is 24.5 Å². The van der Waals surface area contributed by atoms with Crippen LogP contribution in [-0.2, 0) is 4.74 Å². The normalized spacial score (nSPS) is 27.7. The van der Waals surface area contributed by atoms with E-state index in [-0.39, 0.29) is 0 Å². The summed E-state index contributed by atoms with van der Waals surface area (Å²) < 4.78 is 5.30. The molecule has 2 rings (SSSR count). The maximum absolute atomic E-state index is 5.30. The van der Waals surface area contributed by atoms with E-state index in [1.807, 2.05) is 0 Å². The van der Waals surface area contributed by atoms with Crippen LogP contribution in [0.5, 0.6) is 0 Å². The molecular formula is C9H18N2OS. The van der Waals surface area contributed by atoms with Crippen LogP contribution in [0, 0.1) is 0 Å². The van der Waals surface area contributed by atoms with Gasteiger partial charge in [0.2, 0.25) is 0 Å². The predicted molar refractivity (Wildman–Crippen MR) is 55.9 cm³/mol. The third-order valence-corrected chi connectivity index (χ3v) is 3.65. The molecule has 2 fully saturated rings. The van der Waals surface area contributed by atoms with Gasteiger partial charge >= 0.3 is 0 Å². The number of hydrazine groups is 1. The first-order valence-electron chi connectivity index (χ1n) is 5.12. The van der Waals surface area contributed by atoms with E-state index in [0.29, 0.717) is 0 Å². The van der Waals surface area contributed by atoms with E-state index < -0.39 is 0 Å². The van der Waals surface area contributed by atoms with Crippen LogP contribution in [0.1, 0.15) is 12.8 Å². The molecule has 2 aliphatic heterocycles. The van der Waals surface area contributed by atoms with E-state index in [9.17, 15) is 0 Å². The monoisotopic (exact) mass is 202 g/mol. The second-order valence-corrected chi connectivity index (χ2v) is 4.84. The molecule has 0 aliphatic carbocycles. The number of nitrogens with zero attached hydrogens (tertiary/aromatic N) is 1. The van der Waals surface area contributed by atoms with Gasteiger partial charge in [0.1, 0.15) is 0 Å². The van der Waals surface area contributed by atoms with E-state index in [0.717, 1.165) is 32.3 Å². The Morgan fingerprint density at radius 1 is 1.15 bits per heavy atom. The van der Waals surface area contributed by atoms with Crippen LogP contribution in [-0.4, -0.2) is 48.9 Å². The van der Waals surface area contributed by atoms with Crippen molar-refractivity contribution in [1.29, 1.82) is 0 Å². The van der Waals surface area contributed by atoms with Crippen LogP contribution in [0.15, 0.2) is 0 Å². The highest BCUT2D eigenvalue weighted by atomic mass is 32.2. The molecule has 13 heavy (non-hydrogen) atoms. The van der Waals surface area contributed by atoms with Gasteiger partial charge in [0.25, 0.3) is 0 Å². The summed E-state index contributed by atoms with van der Waals surface area (Å²) in [7, 11) is 0. The zero-order valence-electron chi connectivity index (χ0n) is 8.00. The smallest absolute Gasteiger partial charge is 0.0608 e. The fraction of sp³-hybridized carbons (Fsp3) is 1.00. The summed E-state index contributed by atoms with van der Waals surface area (Å²) in [6.07, 6.45) is 2.64. The molecule has 0 aromatic heterocycles. The summed E-state index contributed by atoms with van der Waals surface area (Å²) in [5.41, 5.74) is 3.60. The number of hydrogen-bond donors (Lipinski definition) is 1. The van der Waals surface area contributed by atoms with Crippen molar-refractivity contribution in [1.82, 2.24) is 10.4 Å². The van der Waals surface area contributed by atoms with Gasteiger partial charge in [0.15, 0.2) is 0 Å². The van der Waals surface area contributed by atoms with Gasteiger partial charge in [0.05, 0.1) is 13.2 Å². The van der Waals surface area contributed by atoms with Crippen LogP contribution >= 0.6 is 11.8 Å². The lowest BCUT2D eigenvalue weighted by Crippen LogP contribution is -2.51. The van der Waals surface area contributed by atoms with E-state index in [1.165, 1.54) is 24.3 Å². The Balaban J connectivity index is 1.69. The van der Waals surface area contributed by atoms with Gasteiger partial charge in [-0.1, -0.05) is 0 Å². The minimum Gasteiger partial charge on any atom is -0.379 e. The second kappa shape index (κ2) is 5.20. The molecule has 4 heteroatoms. The van der Waals surface area contributed by atoms with Gasteiger partial charge < -0.3 is 4.74 Å². The lowest BCUT2D eigenvalue weighted by molar-refractivity contribution is 0.00292.